The van der Waals surface area contributed by atoms with Crippen LogP contribution in [0.5, 0.6) is 0 Å². The van der Waals surface area contributed by atoms with Crippen molar-refractivity contribution in [1.29, 1.82) is 0 Å². The summed E-state index contributed by atoms with van der Waals surface area (Å²) in [6.07, 6.45) is 15.5. The molecule has 5 nitrogen and oxygen atoms in total. The van der Waals surface area contributed by atoms with E-state index in [-0.39, 0.29) is 30.7 Å². The molecule has 38 heavy (non-hydrogen) atoms. The van der Waals surface area contributed by atoms with E-state index in [0.717, 1.165) is 54.8 Å². The first-order chi connectivity index (χ1) is 18.0. The number of fused-ring (bicyclic) bond motifs is 5. The van der Waals surface area contributed by atoms with Gasteiger partial charge in [-0.25, -0.2) is 4.79 Å². The molecule has 0 radical (unpaired) electrons. The summed E-state index contributed by atoms with van der Waals surface area (Å²) in [5.41, 5.74) is 1.36. The minimum atomic E-state index is -0.917. The molecule has 214 valence electrons. The van der Waals surface area contributed by atoms with Gasteiger partial charge in [-0.2, -0.15) is 0 Å². The molecule has 1 saturated heterocycles. The summed E-state index contributed by atoms with van der Waals surface area (Å²) in [6, 6.07) is 0. The second kappa shape index (κ2) is 10.5. The lowest BCUT2D eigenvalue weighted by atomic mass is 9.47. The van der Waals surface area contributed by atoms with Gasteiger partial charge in [0, 0.05) is 6.42 Å². The average Bonchev–Trinajstić information content (AvgIpc) is 3.23. The fourth-order valence-electron chi connectivity index (χ4n) is 9.68. The summed E-state index contributed by atoms with van der Waals surface area (Å²) < 4.78 is 16.0. The molecule has 0 N–H and O–H groups in total. The van der Waals surface area contributed by atoms with E-state index in [2.05, 4.69) is 40.7 Å². The third kappa shape index (κ3) is 4.94. The lowest BCUT2D eigenvalue weighted by Gasteiger charge is -2.58. The SMILES string of the molecule is CC(C)CCC[C@@H](C)[C@H]1CC[C@H]2[C@@H]3CC=C4C[C@@H](OC(=O)C5(C)COC(=O)OC5)CC[C@]4(C)[C@H]3CC[C@]12C. The highest BCUT2D eigenvalue weighted by molar-refractivity contribution is 5.78. The molecule has 0 bridgehead atoms. The summed E-state index contributed by atoms with van der Waals surface area (Å²) in [5, 5.41) is 0. The minimum Gasteiger partial charge on any atom is -0.461 e. The predicted octanol–water partition coefficient (Wildman–Crippen LogP) is 8.11. The molecule has 0 spiro atoms. The summed E-state index contributed by atoms with van der Waals surface area (Å²) in [6.45, 7) is 14.3. The van der Waals surface area contributed by atoms with E-state index >= 15 is 0 Å². The Balaban J connectivity index is 1.23. The first-order valence-electron chi connectivity index (χ1n) is 15.7. The maximum Gasteiger partial charge on any atom is 0.508 e. The molecule has 1 aliphatic heterocycles. The van der Waals surface area contributed by atoms with E-state index in [9.17, 15) is 9.59 Å². The predicted molar refractivity (Wildman–Crippen MR) is 148 cm³/mol. The van der Waals surface area contributed by atoms with Crippen LogP contribution in [0.3, 0.4) is 0 Å². The lowest BCUT2D eigenvalue weighted by Crippen LogP contribution is -2.51. The molecule has 1 heterocycles. The Morgan fingerprint density at radius 3 is 2.45 bits per heavy atom. The van der Waals surface area contributed by atoms with Crippen LogP contribution in [0.25, 0.3) is 0 Å². The second-order valence-corrected chi connectivity index (χ2v) is 14.9. The molecule has 4 fully saturated rings. The molecule has 0 aromatic heterocycles. The summed E-state index contributed by atoms with van der Waals surface area (Å²) in [4.78, 5) is 24.3. The fraction of sp³-hybridized carbons (Fsp3) is 0.879. The molecule has 0 aromatic carbocycles. The van der Waals surface area contributed by atoms with Gasteiger partial charge in [-0.3, -0.25) is 4.79 Å². The third-order valence-corrected chi connectivity index (χ3v) is 12.0. The molecule has 0 unspecified atom stereocenters. The van der Waals surface area contributed by atoms with Crippen molar-refractivity contribution in [3.05, 3.63) is 11.6 Å². The standard InChI is InChI=1S/C33H52O5/c1-21(2)8-7-9-22(3)26-12-13-27-25-11-10-23-18-24(38-29(34)31(4)19-36-30(35)37-20-31)14-16-32(23,5)28(25)15-17-33(26,27)6/h10,21-22,24-28H,7-9,11-20H2,1-6H3/t22-,24+,25+,26-,27+,28+,32+,33-/m1/s1. The Bertz CT molecular complexity index is 928. The first-order valence-corrected chi connectivity index (χ1v) is 15.7. The van der Waals surface area contributed by atoms with Gasteiger partial charge in [0.15, 0.2) is 0 Å². The van der Waals surface area contributed by atoms with Crippen molar-refractivity contribution in [2.75, 3.05) is 13.2 Å². The Hall–Kier alpha value is -1.52. The smallest absolute Gasteiger partial charge is 0.461 e. The second-order valence-electron chi connectivity index (χ2n) is 14.9. The van der Waals surface area contributed by atoms with Gasteiger partial charge in [0.1, 0.15) is 24.7 Å². The van der Waals surface area contributed by atoms with E-state index in [4.69, 9.17) is 14.2 Å². The van der Waals surface area contributed by atoms with Crippen LogP contribution in [-0.4, -0.2) is 31.4 Å². The minimum absolute atomic E-state index is 0.0268. The van der Waals surface area contributed by atoms with Crippen molar-refractivity contribution in [2.45, 2.75) is 118 Å². The van der Waals surface area contributed by atoms with Crippen molar-refractivity contribution in [1.82, 2.24) is 0 Å². The quantitative estimate of drug-likeness (QED) is 0.247. The zero-order chi connectivity index (χ0) is 27.3. The zero-order valence-electron chi connectivity index (χ0n) is 24.9. The Morgan fingerprint density at radius 2 is 1.74 bits per heavy atom. The van der Waals surface area contributed by atoms with Gasteiger partial charge in [0.05, 0.1) is 0 Å². The van der Waals surface area contributed by atoms with Gasteiger partial charge in [-0.15, -0.1) is 0 Å². The van der Waals surface area contributed by atoms with E-state index in [0.29, 0.717) is 5.41 Å². The van der Waals surface area contributed by atoms with Crippen molar-refractivity contribution in [3.8, 4) is 0 Å². The van der Waals surface area contributed by atoms with Crippen molar-refractivity contribution in [2.24, 2.45) is 51.8 Å². The summed E-state index contributed by atoms with van der Waals surface area (Å²) >= 11 is 0. The number of ether oxygens (including phenoxy) is 3. The number of rotatable bonds is 7. The average molecular weight is 529 g/mol. The molecule has 4 aliphatic carbocycles. The van der Waals surface area contributed by atoms with E-state index in [1.165, 1.54) is 56.9 Å². The molecule has 0 aromatic rings. The van der Waals surface area contributed by atoms with Gasteiger partial charge in [0.25, 0.3) is 0 Å². The maximum absolute atomic E-state index is 13.0. The lowest BCUT2D eigenvalue weighted by molar-refractivity contribution is -0.173. The molecular formula is C33H52O5. The highest BCUT2D eigenvalue weighted by Crippen LogP contribution is 2.67. The van der Waals surface area contributed by atoms with Gasteiger partial charge >= 0.3 is 12.1 Å². The Kier molecular flexibility index (Phi) is 7.72. The van der Waals surface area contributed by atoms with Gasteiger partial charge < -0.3 is 14.2 Å². The van der Waals surface area contributed by atoms with Crippen LogP contribution in [0.15, 0.2) is 11.6 Å². The largest absolute Gasteiger partial charge is 0.508 e. The number of cyclic esters (lactones) is 2. The van der Waals surface area contributed by atoms with Crippen molar-refractivity contribution < 1.29 is 23.8 Å². The van der Waals surface area contributed by atoms with Gasteiger partial charge in [-0.1, -0.05) is 65.5 Å². The molecular weight excluding hydrogens is 476 g/mol. The summed E-state index contributed by atoms with van der Waals surface area (Å²) in [5.74, 6) is 4.67. The Labute approximate surface area is 230 Å². The molecule has 8 atom stereocenters. The van der Waals surface area contributed by atoms with Crippen LogP contribution in [-0.2, 0) is 19.0 Å². The number of hydrogen-bond donors (Lipinski definition) is 0. The zero-order valence-corrected chi connectivity index (χ0v) is 24.9. The van der Waals surface area contributed by atoms with Crippen LogP contribution in [0.4, 0.5) is 4.79 Å². The third-order valence-electron chi connectivity index (χ3n) is 12.0. The first kappa shape index (κ1) is 28.0. The fourth-order valence-corrected chi connectivity index (χ4v) is 9.68. The molecule has 5 rings (SSSR count). The van der Waals surface area contributed by atoms with E-state index in [1.807, 2.05) is 0 Å². The number of esters is 1. The van der Waals surface area contributed by atoms with Crippen LogP contribution < -0.4 is 0 Å². The van der Waals surface area contributed by atoms with E-state index < -0.39 is 11.6 Å². The molecule has 3 saturated carbocycles. The Morgan fingerprint density at radius 1 is 1.00 bits per heavy atom. The number of hydrogen-bond acceptors (Lipinski definition) is 5. The van der Waals surface area contributed by atoms with Crippen LogP contribution in [0.2, 0.25) is 0 Å². The van der Waals surface area contributed by atoms with Crippen LogP contribution in [0.1, 0.15) is 112 Å². The van der Waals surface area contributed by atoms with Crippen molar-refractivity contribution >= 4 is 12.1 Å². The van der Waals surface area contributed by atoms with E-state index in [1.54, 1.807) is 6.92 Å². The molecule has 5 heteroatoms. The number of carbonyl (C=O) groups excluding carboxylic acids is 2. The monoisotopic (exact) mass is 528 g/mol. The van der Waals surface area contributed by atoms with Crippen LogP contribution in [0, 0.1) is 51.8 Å². The van der Waals surface area contributed by atoms with Gasteiger partial charge in [0.2, 0.25) is 0 Å². The van der Waals surface area contributed by atoms with Crippen molar-refractivity contribution in [3.63, 3.8) is 0 Å². The molecule has 5 aliphatic rings. The van der Waals surface area contributed by atoms with Gasteiger partial charge in [-0.05, 0) is 98.2 Å². The summed E-state index contributed by atoms with van der Waals surface area (Å²) in [7, 11) is 0. The topological polar surface area (TPSA) is 61.8 Å². The number of allylic oxidation sites excluding steroid dienone is 1. The maximum atomic E-state index is 13.0. The molecule has 0 amide bonds. The highest BCUT2D eigenvalue weighted by atomic mass is 16.7. The van der Waals surface area contributed by atoms with Crippen LogP contribution >= 0.6 is 0 Å². The normalized spacial score (nSPS) is 40.7. The highest BCUT2D eigenvalue weighted by Gasteiger charge is 2.59. The number of carbonyl (C=O) groups is 2.